The molecule has 0 saturated carbocycles. The van der Waals surface area contributed by atoms with E-state index in [0.717, 1.165) is 72.6 Å². The first-order valence-corrected chi connectivity index (χ1v) is 22.4. The van der Waals surface area contributed by atoms with E-state index in [1.54, 1.807) is 12.4 Å². The van der Waals surface area contributed by atoms with Gasteiger partial charge >= 0.3 is 0 Å². The number of hydrogen-bond donors (Lipinski definition) is 0. The second-order valence-corrected chi connectivity index (χ2v) is 17.6. The summed E-state index contributed by atoms with van der Waals surface area (Å²) < 4.78 is 0. The topological polar surface area (TPSA) is 51.6 Å². The Hall–Kier alpha value is -7.99. The molecular formula is C59H36N4S. The van der Waals surface area contributed by atoms with Crippen molar-refractivity contribution < 1.29 is 0 Å². The second-order valence-electron chi connectivity index (χ2n) is 16.5. The third-order valence-corrected chi connectivity index (χ3v) is 14.2. The highest BCUT2D eigenvalue weighted by atomic mass is 32.2. The van der Waals surface area contributed by atoms with Crippen LogP contribution < -0.4 is 0 Å². The summed E-state index contributed by atoms with van der Waals surface area (Å²) in [7, 11) is 0. The molecule has 0 unspecified atom stereocenters. The van der Waals surface area contributed by atoms with Gasteiger partial charge in [-0.3, -0.25) is 9.97 Å². The minimum atomic E-state index is -0.453. The smallest absolute Gasteiger partial charge is 0.0900 e. The first-order valence-electron chi connectivity index (χ1n) is 21.6. The minimum absolute atomic E-state index is 0.453. The van der Waals surface area contributed by atoms with Crippen LogP contribution in [0.2, 0.25) is 0 Å². The van der Waals surface area contributed by atoms with E-state index in [9.17, 15) is 0 Å². The van der Waals surface area contributed by atoms with E-state index in [1.807, 2.05) is 48.2 Å². The quantitative estimate of drug-likeness (QED) is 0.162. The van der Waals surface area contributed by atoms with Crippen molar-refractivity contribution in [2.24, 2.45) is 0 Å². The van der Waals surface area contributed by atoms with Crippen molar-refractivity contribution >= 4 is 33.4 Å². The van der Waals surface area contributed by atoms with E-state index in [1.165, 1.54) is 48.6 Å². The van der Waals surface area contributed by atoms with Crippen LogP contribution in [0.25, 0.3) is 89.1 Å². The highest BCUT2D eigenvalue weighted by Crippen LogP contribution is 2.63. The fraction of sp³-hybridized carbons (Fsp3) is 0.0169. The van der Waals surface area contributed by atoms with E-state index < -0.39 is 5.41 Å². The number of aromatic nitrogens is 4. The summed E-state index contributed by atoms with van der Waals surface area (Å²) in [5, 5.41) is 3.51. The first-order chi connectivity index (χ1) is 31.7. The SMILES string of the molecule is c1ccc(-c2cc(-c3ccc(-c4cccc(-c5nc6ccccc6c6cc7c(cc56)-c5ccccc5C75c6ccccc6Sc6ccccc65)c4)cc3)cc(-c3ccccn3)n2)nc1. The number of hydrogen-bond acceptors (Lipinski definition) is 5. The lowest BCUT2D eigenvalue weighted by Crippen LogP contribution is -2.31. The van der Waals surface area contributed by atoms with Crippen molar-refractivity contribution in [3.05, 3.63) is 241 Å². The van der Waals surface area contributed by atoms with Crippen LogP contribution in [0.5, 0.6) is 0 Å². The molecule has 0 fully saturated rings. The molecule has 13 rings (SSSR count). The Balaban J connectivity index is 0.958. The van der Waals surface area contributed by atoms with Crippen molar-refractivity contribution in [1.29, 1.82) is 0 Å². The molecule has 5 heteroatoms. The van der Waals surface area contributed by atoms with E-state index in [2.05, 4.69) is 180 Å². The van der Waals surface area contributed by atoms with Crippen LogP contribution in [0.3, 0.4) is 0 Å². The number of para-hydroxylation sites is 1. The van der Waals surface area contributed by atoms with E-state index >= 15 is 0 Å². The van der Waals surface area contributed by atoms with Gasteiger partial charge in [-0.15, -0.1) is 0 Å². The normalized spacial score (nSPS) is 13.1. The lowest BCUT2D eigenvalue weighted by atomic mass is 9.67. The third-order valence-electron chi connectivity index (χ3n) is 13.0. The molecule has 5 heterocycles. The van der Waals surface area contributed by atoms with Gasteiger partial charge in [0, 0.05) is 38.5 Å². The molecule has 1 spiro atoms. The molecule has 298 valence electrons. The lowest BCUT2D eigenvalue weighted by Gasteiger charge is -2.39. The Labute approximate surface area is 375 Å². The molecule has 0 amide bonds. The van der Waals surface area contributed by atoms with Crippen LogP contribution in [0, 0.1) is 0 Å². The molecule has 1 aliphatic carbocycles. The molecule has 0 bridgehead atoms. The Morgan fingerprint density at radius 3 is 1.61 bits per heavy atom. The molecule has 1 aliphatic heterocycles. The molecule has 0 radical (unpaired) electrons. The third kappa shape index (κ3) is 5.64. The zero-order chi connectivity index (χ0) is 42.2. The van der Waals surface area contributed by atoms with Gasteiger partial charge in [-0.1, -0.05) is 145 Å². The number of nitrogens with zero attached hydrogens (tertiary/aromatic N) is 4. The van der Waals surface area contributed by atoms with E-state index in [-0.39, 0.29) is 0 Å². The molecular weight excluding hydrogens is 797 g/mol. The van der Waals surface area contributed by atoms with Crippen molar-refractivity contribution in [2.45, 2.75) is 15.2 Å². The van der Waals surface area contributed by atoms with Crippen molar-refractivity contribution in [2.75, 3.05) is 0 Å². The zero-order valence-electron chi connectivity index (χ0n) is 34.5. The highest BCUT2D eigenvalue weighted by molar-refractivity contribution is 7.99. The Bertz CT molecular complexity index is 3540. The van der Waals surface area contributed by atoms with Crippen LogP contribution >= 0.6 is 11.8 Å². The zero-order valence-corrected chi connectivity index (χ0v) is 35.3. The summed E-state index contributed by atoms with van der Waals surface area (Å²) in [6, 6.07) is 74.3. The Morgan fingerprint density at radius 2 is 0.922 bits per heavy atom. The number of rotatable bonds is 5. The van der Waals surface area contributed by atoms with Crippen LogP contribution in [-0.4, -0.2) is 19.9 Å². The number of pyridine rings is 4. The van der Waals surface area contributed by atoms with Crippen LogP contribution in [0.15, 0.2) is 228 Å². The van der Waals surface area contributed by atoms with Gasteiger partial charge in [-0.05, 0) is 134 Å². The lowest BCUT2D eigenvalue weighted by molar-refractivity contribution is 0.723. The molecule has 64 heavy (non-hydrogen) atoms. The minimum Gasteiger partial charge on any atom is -0.255 e. The van der Waals surface area contributed by atoms with Gasteiger partial charge in [0.05, 0.1) is 39.4 Å². The predicted molar refractivity (Wildman–Crippen MR) is 261 cm³/mol. The van der Waals surface area contributed by atoms with Gasteiger partial charge in [0.2, 0.25) is 0 Å². The van der Waals surface area contributed by atoms with Gasteiger partial charge in [-0.25, -0.2) is 9.97 Å². The van der Waals surface area contributed by atoms with Gasteiger partial charge < -0.3 is 0 Å². The monoisotopic (exact) mass is 832 g/mol. The standard InChI is InChI=1S/C59H36N4S/c1-3-18-47-42(16-1)45-35-46-44(36-50(45)59(47)48-19-4-7-24-56(48)64-57-25-8-5-20-49(57)59)43-17-2-6-21-51(43)63-58(46)40-15-13-14-39(32-40)37-26-28-38(29-27-37)41-33-54(52-22-9-11-30-60-52)62-55(34-41)53-23-10-12-31-61-53/h1-36H. The van der Waals surface area contributed by atoms with Gasteiger partial charge in [0.15, 0.2) is 0 Å². The van der Waals surface area contributed by atoms with Crippen LogP contribution in [0.1, 0.15) is 22.3 Å². The van der Waals surface area contributed by atoms with Crippen molar-refractivity contribution in [3.8, 4) is 67.4 Å². The summed E-state index contributed by atoms with van der Waals surface area (Å²) in [6.45, 7) is 0. The summed E-state index contributed by atoms with van der Waals surface area (Å²) in [5.41, 5.74) is 18.1. The van der Waals surface area contributed by atoms with Gasteiger partial charge in [0.1, 0.15) is 0 Å². The van der Waals surface area contributed by atoms with E-state index in [0.29, 0.717) is 0 Å². The van der Waals surface area contributed by atoms with Gasteiger partial charge in [0.25, 0.3) is 0 Å². The molecule has 7 aromatic carbocycles. The summed E-state index contributed by atoms with van der Waals surface area (Å²) in [6.07, 6.45) is 3.61. The maximum atomic E-state index is 5.47. The Morgan fingerprint density at radius 1 is 0.328 bits per heavy atom. The molecule has 0 N–H and O–H groups in total. The van der Waals surface area contributed by atoms with Gasteiger partial charge in [-0.2, -0.15) is 0 Å². The fourth-order valence-corrected chi connectivity index (χ4v) is 11.4. The predicted octanol–water partition coefficient (Wildman–Crippen LogP) is 14.7. The maximum Gasteiger partial charge on any atom is 0.0900 e. The van der Waals surface area contributed by atoms with Crippen molar-refractivity contribution in [3.63, 3.8) is 0 Å². The first kappa shape index (κ1) is 36.6. The maximum absolute atomic E-state index is 5.47. The van der Waals surface area contributed by atoms with Crippen LogP contribution in [-0.2, 0) is 5.41 Å². The molecule has 11 aromatic rings. The summed E-state index contributed by atoms with van der Waals surface area (Å²) >= 11 is 1.88. The molecule has 0 saturated heterocycles. The largest absolute Gasteiger partial charge is 0.255 e. The summed E-state index contributed by atoms with van der Waals surface area (Å²) in [4.78, 5) is 22.3. The second kappa shape index (κ2) is 14.6. The molecule has 2 aliphatic rings. The molecule has 4 aromatic heterocycles. The fourth-order valence-electron chi connectivity index (χ4n) is 10.2. The average molecular weight is 833 g/mol. The Kier molecular flexibility index (Phi) is 8.33. The van der Waals surface area contributed by atoms with E-state index in [4.69, 9.17) is 9.97 Å². The molecule has 0 atom stereocenters. The number of fused-ring (bicyclic) bond motifs is 12. The number of benzene rings is 7. The molecule has 4 nitrogen and oxygen atoms in total. The van der Waals surface area contributed by atoms with Crippen molar-refractivity contribution in [1.82, 2.24) is 19.9 Å². The van der Waals surface area contributed by atoms with Crippen LogP contribution in [0.4, 0.5) is 0 Å². The average Bonchev–Trinajstić information content (AvgIpc) is 3.65. The highest BCUT2D eigenvalue weighted by Gasteiger charge is 2.50. The summed E-state index contributed by atoms with van der Waals surface area (Å²) in [5.74, 6) is 0.